The molecule has 7 heteroatoms. The first-order valence-corrected chi connectivity index (χ1v) is 10.3. The number of nitrogens with zero attached hydrogens (tertiary/aromatic N) is 2. The lowest BCUT2D eigenvalue weighted by molar-refractivity contribution is 0.143. The van der Waals surface area contributed by atoms with Gasteiger partial charge in [0.15, 0.2) is 5.96 Å². The lowest BCUT2D eigenvalue weighted by Crippen LogP contribution is -2.44. The Balaban J connectivity index is 0.00000338. The van der Waals surface area contributed by atoms with Crippen LogP contribution in [0.2, 0.25) is 0 Å². The molecule has 0 bridgehead atoms. The van der Waals surface area contributed by atoms with E-state index in [4.69, 9.17) is 9.73 Å². The van der Waals surface area contributed by atoms with Gasteiger partial charge in [-0.05, 0) is 57.1 Å². The number of halogens is 1. The van der Waals surface area contributed by atoms with Gasteiger partial charge >= 0.3 is 0 Å². The van der Waals surface area contributed by atoms with Crippen molar-refractivity contribution >= 4 is 41.3 Å². The Morgan fingerprint density at radius 2 is 2.15 bits per heavy atom. The predicted molar refractivity (Wildman–Crippen MR) is 123 cm³/mol. The van der Waals surface area contributed by atoms with Crippen LogP contribution in [0.1, 0.15) is 44.5 Å². The molecule has 1 aliphatic heterocycles. The molecule has 0 radical (unpaired) electrons. The lowest BCUT2D eigenvalue weighted by Gasteiger charge is -2.35. The molecule has 0 spiro atoms. The van der Waals surface area contributed by atoms with E-state index in [9.17, 15) is 0 Å². The Bertz CT molecular complexity index is 504. The first kappa shape index (κ1) is 23.7. The normalized spacial score (nSPS) is 18.8. The zero-order valence-corrected chi connectivity index (χ0v) is 19.7. The van der Waals surface area contributed by atoms with Crippen LogP contribution in [-0.2, 0) is 4.74 Å². The van der Waals surface area contributed by atoms with Crippen LogP contribution in [-0.4, -0.2) is 56.8 Å². The first-order valence-electron chi connectivity index (χ1n) is 9.45. The summed E-state index contributed by atoms with van der Waals surface area (Å²) in [5, 5.41) is 8.95. The fourth-order valence-corrected chi connectivity index (χ4v) is 4.08. The number of hydrogen-bond acceptors (Lipinski definition) is 4. The molecule has 5 nitrogen and oxygen atoms in total. The summed E-state index contributed by atoms with van der Waals surface area (Å²) in [4.78, 5) is 8.91. The van der Waals surface area contributed by atoms with Gasteiger partial charge in [0.2, 0.25) is 0 Å². The van der Waals surface area contributed by atoms with Crippen LogP contribution in [0.15, 0.2) is 22.5 Å². The molecule has 0 aromatic carbocycles. The molecule has 26 heavy (non-hydrogen) atoms. The zero-order chi connectivity index (χ0) is 18.1. The van der Waals surface area contributed by atoms with Crippen LogP contribution in [0, 0.1) is 5.92 Å². The maximum absolute atomic E-state index is 5.22. The first-order chi connectivity index (χ1) is 12.1. The minimum Gasteiger partial charge on any atom is -0.383 e. The predicted octanol–water partition coefficient (Wildman–Crippen LogP) is 3.73. The Hall–Kier alpha value is -0.380. The Morgan fingerprint density at radius 3 is 2.73 bits per heavy atom. The molecule has 1 saturated heterocycles. The Labute approximate surface area is 180 Å². The van der Waals surface area contributed by atoms with Crippen molar-refractivity contribution in [1.82, 2.24) is 15.5 Å². The van der Waals surface area contributed by atoms with Crippen LogP contribution in [0.3, 0.4) is 0 Å². The Morgan fingerprint density at radius 1 is 1.42 bits per heavy atom. The van der Waals surface area contributed by atoms with Gasteiger partial charge in [0.05, 0.1) is 19.2 Å². The summed E-state index contributed by atoms with van der Waals surface area (Å²) < 4.78 is 5.22. The van der Waals surface area contributed by atoms with Crippen molar-refractivity contribution < 1.29 is 4.74 Å². The second-order valence-corrected chi connectivity index (χ2v) is 7.95. The summed E-state index contributed by atoms with van der Waals surface area (Å²) in [5.41, 5.74) is 0. The molecule has 1 aromatic rings. The quantitative estimate of drug-likeness (QED) is 0.329. The van der Waals surface area contributed by atoms with E-state index in [1.165, 1.54) is 30.8 Å². The third kappa shape index (κ3) is 7.70. The number of methoxy groups -OCH3 is 1. The molecule has 1 fully saturated rings. The topological polar surface area (TPSA) is 48.9 Å². The van der Waals surface area contributed by atoms with Gasteiger partial charge in [0.1, 0.15) is 0 Å². The molecular formula is C19H35IN4OS. The SMILES string of the molecule is CCNC(=NCC(c1cccs1)N1CCC(C)CC1)NC(C)COC.I. The fourth-order valence-electron chi connectivity index (χ4n) is 3.23. The van der Waals surface area contributed by atoms with Gasteiger partial charge in [0.25, 0.3) is 0 Å². The Kier molecular flexibility index (Phi) is 11.7. The van der Waals surface area contributed by atoms with Gasteiger partial charge in [-0.2, -0.15) is 0 Å². The summed E-state index contributed by atoms with van der Waals surface area (Å²) in [5.74, 6) is 1.72. The van der Waals surface area contributed by atoms with Gasteiger partial charge in [0, 0.05) is 24.6 Å². The smallest absolute Gasteiger partial charge is 0.191 e. The van der Waals surface area contributed by atoms with Gasteiger partial charge in [-0.25, -0.2) is 0 Å². The minimum atomic E-state index is 0. The maximum atomic E-state index is 5.22. The number of hydrogen-bond donors (Lipinski definition) is 2. The number of thiophene rings is 1. The van der Waals surface area contributed by atoms with E-state index in [-0.39, 0.29) is 30.0 Å². The summed E-state index contributed by atoms with van der Waals surface area (Å²) >= 11 is 1.84. The van der Waals surface area contributed by atoms with E-state index in [0.717, 1.165) is 25.0 Å². The standard InChI is InChI=1S/C19H34N4OS.HI/c1-5-20-19(22-16(3)14-24-4)21-13-17(18-7-6-12-25-18)23-10-8-15(2)9-11-23;/h6-7,12,15-17H,5,8-11,13-14H2,1-4H3,(H2,20,21,22);1H. The van der Waals surface area contributed by atoms with Crippen molar-refractivity contribution in [2.24, 2.45) is 10.9 Å². The summed E-state index contributed by atoms with van der Waals surface area (Å²) in [7, 11) is 1.73. The number of piperidine rings is 1. The van der Waals surface area contributed by atoms with Crippen molar-refractivity contribution in [1.29, 1.82) is 0 Å². The third-order valence-corrected chi connectivity index (χ3v) is 5.67. The minimum absolute atomic E-state index is 0. The average molecular weight is 494 g/mol. The second-order valence-electron chi connectivity index (χ2n) is 6.97. The highest BCUT2D eigenvalue weighted by Crippen LogP contribution is 2.29. The molecular weight excluding hydrogens is 459 g/mol. The van der Waals surface area contributed by atoms with Crippen molar-refractivity contribution in [3.8, 4) is 0 Å². The van der Waals surface area contributed by atoms with Gasteiger partial charge in [-0.3, -0.25) is 9.89 Å². The molecule has 0 amide bonds. The van der Waals surface area contributed by atoms with Gasteiger partial charge in [-0.1, -0.05) is 13.0 Å². The van der Waals surface area contributed by atoms with E-state index in [1.807, 2.05) is 11.3 Å². The number of nitrogens with one attached hydrogen (secondary N) is 2. The summed E-state index contributed by atoms with van der Waals surface area (Å²) in [6, 6.07) is 5.00. The summed E-state index contributed by atoms with van der Waals surface area (Å²) in [6.45, 7) is 11.2. The third-order valence-electron chi connectivity index (χ3n) is 4.70. The van der Waals surface area contributed by atoms with Crippen molar-refractivity contribution in [3.63, 3.8) is 0 Å². The fraction of sp³-hybridized carbons (Fsp3) is 0.737. The molecule has 1 aromatic heterocycles. The van der Waals surface area contributed by atoms with E-state index in [2.05, 4.69) is 53.8 Å². The molecule has 2 N–H and O–H groups in total. The van der Waals surface area contributed by atoms with Crippen LogP contribution in [0.5, 0.6) is 0 Å². The van der Waals surface area contributed by atoms with E-state index in [1.54, 1.807) is 7.11 Å². The van der Waals surface area contributed by atoms with Gasteiger partial charge < -0.3 is 15.4 Å². The van der Waals surface area contributed by atoms with Crippen molar-refractivity contribution in [2.75, 3.05) is 39.9 Å². The van der Waals surface area contributed by atoms with E-state index < -0.39 is 0 Å². The molecule has 0 aliphatic carbocycles. The molecule has 2 unspecified atom stereocenters. The number of rotatable bonds is 8. The second kappa shape index (κ2) is 12.9. The summed E-state index contributed by atoms with van der Waals surface area (Å²) in [6.07, 6.45) is 2.57. The number of ether oxygens (including phenoxy) is 1. The van der Waals surface area contributed by atoms with Crippen LogP contribution >= 0.6 is 35.3 Å². The number of guanidine groups is 1. The van der Waals surface area contributed by atoms with Gasteiger partial charge in [-0.15, -0.1) is 35.3 Å². The molecule has 150 valence electrons. The highest BCUT2D eigenvalue weighted by molar-refractivity contribution is 14.0. The van der Waals surface area contributed by atoms with Crippen molar-refractivity contribution in [3.05, 3.63) is 22.4 Å². The lowest BCUT2D eigenvalue weighted by atomic mass is 9.97. The van der Waals surface area contributed by atoms with E-state index in [0.29, 0.717) is 12.6 Å². The van der Waals surface area contributed by atoms with Crippen LogP contribution in [0.4, 0.5) is 0 Å². The molecule has 1 aliphatic rings. The van der Waals surface area contributed by atoms with E-state index >= 15 is 0 Å². The average Bonchev–Trinajstić information content (AvgIpc) is 3.11. The van der Waals surface area contributed by atoms with Crippen molar-refractivity contribution in [2.45, 2.75) is 45.7 Å². The number of likely N-dealkylation sites (tertiary alicyclic amines) is 1. The molecule has 2 rings (SSSR count). The maximum Gasteiger partial charge on any atom is 0.191 e. The highest BCUT2D eigenvalue weighted by Gasteiger charge is 2.25. The molecule has 2 atom stereocenters. The zero-order valence-electron chi connectivity index (χ0n) is 16.5. The molecule has 0 saturated carbocycles. The highest BCUT2D eigenvalue weighted by atomic mass is 127. The van der Waals surface area contributed by atoms with Crippen LogP contribution in [0.25, 0.3) is 0 Å². The monoisotopic (exact) mass is 494 g/mol. The molecule has 2 heterocycles. The number of aliphatic imine (C=N–C) groups is 1. The van der Waals surface area contributed by atoms with Crippen LogP contribution < -0.4 is 10.6 Å². The largest absolute Gasteiger partial charge is 0.383 e.